The Labute approximate surface area is 208 Å². The van der Waals surface area contributed by atoms with Crippen LogP contribution in [0.1, 0.15) is 11.1 Å². The molecule has 0 bridgehead atoms. The molecule has 4 nitrogen and oxygen atoms in total. The van der Waals surface area contributed by atoms with E-state index >= 15 is 0 Å². The topological polar surface area (TPSA) is 39.9 Å². The van der Waals surface area contributed by atoms with Gasteiger partial charge in [0.25, 0.3) is 0 Å². The Hall–Kier alpha value is -3.65. The Morgan fingerprint density at radius 1 is 0.886 bits per heavy atom. The Morgan fingerprint density at radius 2 is 1.54 bits per heavy atom. The summed E-state index contributed by atoms with van der Waals surface area (Å²) in [6.45, 7) is 0.279. The fourth-order valence-corrected chi connectivity index (χ4v) is 4.24. The standard InChI is InChI=1S/C27H19BrF3N3O/c1-35-21-13-9-19(10-14-21)25-24-22(27(29,30)31)15-23(18-7-11-20(28)12-8-18)32-26(24)34(33-25)16-17-5-3-2-4-6-17/h2-15H,16H2,1H3. The molecule has 5 rings (SSSR count). The molecule has 0 atom stereocenters. The number of nitrogens with zero attached hydrogens (tertiary/aromatic N) is 3. The molecule has 0 saturated carbocycles. The number of rotatable bonds is 5. The first kappa shape index (κ1) is 23.1. The molecule has 0 spiro atoms. The minimum Gasteiger partial charge on any atom is -0.497 e. The van der Waals surface area contributed by atoms with Crippen LogP contribution in [-0.2, 0) is 12.7 Å². The number of ether oxygens (including phenoxy) is 1. The van der Waals surface area contributed by atoms with E-state index in [0.717, 1.165) is 16.1 Å². The van der Waals surface area contributed by atoms with Crippen molar-refractivity contribution >= 4 is 27.0 Å². The number of benzene rings is 3. The zero-order valence-corrected chi connectivity index (χ0v) is 20.1. The molecular weight excluding hydrogens is 519 g/mol. The highest BCUT2D eigenvalue weighted by molar-refractivity contribution is 9.10. The van der Waals surface area contributed by atoms with Crippen molar-refractivity contribution in [2.45, 2.75) is 12.7 Å². The quantitative estimate of drug-likeness (QED) is 0.231. The Morgan fingerprint density at radius 3 is 2.17 bits per heavy atom. The van der Waals surface area contributed by atoms with Crippen LogP contribution in [0, 0.1) is 0 Å². The molecule has 0 saturated heterocycles. The average molecular weight is 538 g/mol. The second kappa shape index (κ2) is 9.19. The maximum absolute atomic E-state index is 14.4. The summed E-state index contributed by atoms with van der Waals surface area (Å²) >= 11 is 3.37. The van der Waals surface area contributed by atoms with E-state index in [1.807, 2.05) is 30.3 Å². The lowest BCUT2D eigenvalue weighted by Gasteiger charge is -2.12. The molecule has 0 unspecified atom stereocenters. The lowest BCUT2D eigenvalue weighted by atomic mass is 10.0. The molecule has 176 valence electrons. The smallest absolute Gasteiger partial charge is 0.417 e. The van der Waals surface area contributed by atoms with Gasteiger partial charge in [-0.1, -0.05) is 58.4 Å². The molecule has 0 radical (unpaired) electrons. The third-order valence-corrected chi connectivity index (χ3v) is 6.22. The highest BCUT2D eigenvalue weighted by atomic mass is 79.9. The SMILES string of the molecule is COc1ccc(-c2nn(Cc3ccccc3)c3nc(-c4ccc(Br)cc4)cc(C(F)(F)F)c23)cc1. The number of hydrogen-bond donors (Lipinski definition) is 0. The molecule has 0 aliphatic rings. The van der Waals surface area contributed by atoms with Gasteiger partial charge in [0.05, 0.1) is 30.3 Å². The zero-order valence-electron chi connectivity index (χ0n) is 18.6. The summed E-state index contributed by atoms with van der Waals surface area (Å²) in [6, 6.07) is 24.4. The first-order valence-electron chi connectivity index (χ1n) is 10.8. The van der Waals surface area contributed by atoms with E-state index in [0.29, 0.717) is 16.9 Å². The Balaban J connectivity index is 1.80. The van der Waals surface area contributed by atoms with Gasteiger partial charge in [-0.3, -0.25) is 0 Å². The third-order valence-electron chi connectivity index (χ3n) is 5.69. The van der Waals surface area contributed by atoms with Gasteiger partial charge in [0, 0.05) is 15.6 Å². The van der Waals surface area contributed by atoms with Crippen LogP contribution in [0.15, 0.2) is 89.4 Å². The molecule has 2 heterocycles. The van der Waals surface area contributed by atoms with E-state index in [1.165, 1.54) is 7.11 Å². The summed E-state index contributed by atoms with van der Waals surface area (Å²) in [7, 11) is 1.54. The van der Waals surface area contributed by atoms with Gasteiger partial charge < -0.3 is 4.74 Å². The highest BCUT2D eigenvalue weighted by Gasteiger charge is 2.36. The maximum atomic E-state index is 14.4. The minimum atomic E-state index is -4.60. The van der Waals surface area contributed by atoms with E-state index in [9.17, 15) is 13.2 Å². The summed E-state index contributed by atoms with van der Waals surface area (Å²) in [4.78, 5) is 4.69. The first-order valence-corrected chi connectivity index (χ1v) is 11.6. The number of fused-ring (bicyclic) bond motifs is 1. The molecular formula is C27H19BrF3N3O. The number of pyridine rings is 1. The minimum absolute atomic E-state index is 0.0283. The van der Waals surface area contributed by atoms with Crippen LogP contribution in [-0.4, -0.2) is 21.9 Å². The van der Waals surface area contributed by atoms with Crippen LogP contribution < -0.4 is 4.74 Å². The van der Waals surface area contributed by atoms with Crippen LogP contribution in [0.4, 0.5) is 13.2 Å². The predicted octanol–water partition coefficient (Wildman–Crippen LogP) is 7.60. The summed E-state index contributed by atoms with van der Waals surface area (Å²) < 4.78 is 50.9. The molecule has 0 aliphatic heterocycles. The largest absolute Gasteiger partial charge is 0.497 e. The third kappa shape index (κ3) is 4.66. The monoisotopic (exact) mass is 537 g/mol. The van der Waals surface area contributed by atoms with Crippen molar-refractivity contribution in [1.82, 2.24) is 14.8 Å². The van der Waals surface area contributed by atoms with Crippen molar-refractivity contribution in [3.63, 3.8) is 0 Å². The van der Waals surface area contributed by atoms with Crippen molar-refractivity contribution in [3.8, 4) is 28.3 Å². The van der Waals surface area contributed by atoms with Crippen molar-refractivity contribution in [2.75, 3.05) is 7.11 Å². The summed E-state index contributed by atoms with van der Waals surface area (Å²) in [6.07, 6.45) is -4.60. The first-order chi connectivity index (χ1) is 16.8. The average Bonchev–Trinajstić information content (AvgIpc) is 3.22. The molecule has 0 fully saturated rings. The number of aromatic nitrogens is 3. The van der Waals surface area contributed by atoms with Crippen molar-refractivity contribution < 1.29 is 17.9 Å². The number of alkyl halides is 3. The Bertz CT molecular complexity index is 1480. The summed E-state index contributed by atoms with van der Waals surface area (Å²) in [5, 5.41) is 4.61. The van der Waals surface area contributed by atoms with Gasteiger partial charge in [0.2, 0.25) is 0 Å². The van der Waals surface area contributed by atoms with Gasteiger partial charge in [0.1, 0.15) is 11.4 Å². The normalized spacial score (nSPS) is 11.7. The van der Waals surface area contributed by atoms with E-state index in [2.05, 4.69) is 26.0 Å². The second-order valence-electron chi connectivity index (χ2n) is 7.98. The van der Waals surface area contributed by atoms with Crippen LogP contribution in [0.2, 0.25) is 0 Å². The molecule has 2 aromatic heterocycles. The van der Waals surface area contributed by atoms with Gasteiger partial charge in [-0.2, -0.15) is 18.3 Å². The van der Waals surface area contributed by atoms with E-state index < -0.39 is 11.7 Å². The maximum Gasteiger partial charge on any atom is 0.417 e. The van der Waals surface area contributed by atoms with E-state index in [1.54, 1.807) is 53.2 Å². The van der Waals surface area contributed by atoms with Gasteiger partial charge in [-0.05, 0) is 48.0 Å². The molecule has 35 heavy (non-hydrogen) atoms. The molecule has 0 amide bonds. The number of halogens is 4. The summed E-state index contributed by atoms with van der Waals surface area (Å²) in [5.74, 6) is 0.605. The zero-order chi connectivity index (χ0) is 24.6. The number of hydrogen-bond acceptors (Lipinski definition) is 3. The van der Waals surface area contributed by atoms with Crippen molar-refractivity contribution in [1.29, 1.82) is 0 Å². The van der Waals surface area contributed by atoms with E-state index in [4.69, 9.17) is 4.74 Å². The van der Waals surface area contributed by atoms with Crippen LogP contribution >= 0.6 is 15.9 Å². The lowest BCUT2D eigenvalue weighted by molar-refractivity contribution is -0.136. The van der Waals surface area contributed by atoms with Gasteiger partial charge >= 0.3 is 6.18 Å². The molecule has 0 aliphatic carbocycles. The number of methoxy groups -OCH3 is 1. The van der Waals surface area contributed by atoms with Gasteiger partial charge in [0.15, 0.2) is 5.65 Å². The van der Waals surface area contributed by atoms with Crippen LogP contribution in [0.3, 0.4) is 0 Å². The van der Waals surface area contributed by atoms with Crippen molar-refractivity contribution in [2.24, 2.45) is 0 Å². The van der Waals surface area contributed by atoms with Crippen LogP contribution in [0.5, 0.6) is 5.75 Å². The fourth-order valence-electron chi connectivity index (χ4n) is 3.98. The second-order valence-corrected chi connectivity index (χ2v) is 8.89. The summed E-state index contributed by atoms with van der Waals surface area (Å²) in [5.41, 5.74) is 1.89. The van der Waals surface area contributed by atoms with Gasteiger partial charge in [-0.25, -0.2) is 9.67 Å². The predicted molar refractivity (Wildman–Crippen MR) is 133 cm³/mol. The highest BCUT2D eigenvalue weighted by Crippen LogP contribution is 2.41. The molecule has 8 heteroatoms. The molecule has 0 N–H and O–H groups in total. The van der Waals surface area contributed by atoms with E-state index in [-0.39, 0.29) is 29.0 Å². The van der Waals surface area contributed by atoms with Gasteiger partial charge in [-0.15, -0.1) is 0 Å². The lowest BCUT2D eigenvalue weighted by Crippen LogP contribution is -2.08. The molecule has 5 aromatic rings. The van der Waals surface area contributed by atoms with Crippen LogP contribution in [0.25, 0.3) is 33.5 Å². The fraction of sp³-hybridized carbons (Fsp3) is 0.111. The van der Waals surface area contributed by atoms with Crippen molar-refractivity contribution in [3.05, 3.63) is 101 Å². The Kier molecular flexibility index (Phi) is 6.06. The molecule has 3 aromatic carbocycles.